The molecule has 0 aromatic heterocycles. The predicted molar refractivity (Wildman–Crippen MR) is 71.7 cm³/mol. The molecule has 0 saturated carbocycles. The quantitative estimate of drug-likeness (QED) is 0.645. The zero-order chi connectivity index (χ0) is 14.1. The van der Waals surface area contributed by atoms with Gasteiger partial charge in [0, 0.05) is 33.5 Å². The van der Waals surface area contributed by atoms with Crippen molar-refractivity contribution in [2.45, 2.75) is 0 Å². The van der Waals surface area contributed by atoms with E-state index in [0.29, 0.717) is 21.7 Å². The molecular weight excluding hydrogens is 320 g/mol. The summed E-state index contributed by atoms with van der Waals surface area (Å²) < 4.78 is 31.4. The van der Waals surface area contributed by atoms with Crippen molar-refractivity contribution in [2.75, 3.05) is 41.7 Å². The average Bonchev–Trinajstić information content (AvgIpc) is 2.43. The summed E-state index contributed by atoms with van der Waals surface area (Å²) >= 11 is 3.40. The number of rotatable bonds is 9. The Hall–Kier alpha value is -1.02. The Kier molecular flexibility index (Phi) is 7.57. The highest BCUT2D eigenvalue weighted by Crippen LogP contribution is 2.38. The lowest BCUT2D eigenvalue weighted by Crippen LogP contribution is -2.05. The Morgan fingerprint density at radius 3 is 1.63 bits per heavy atom. The zero-order valence-electron chi connectivity index (χ0n) is 11.1. The van der Waals surface area contributed by atoms with Gasteiger partial charge in [0.25, 0.3) is 0 Å². The minimum atomic E-state index is 0.121. The standard InChI is InChI=1S/C12H17BrO6/c1-14-6-17-9-4-10(18-7-15-2)12(13)11(5-9)19-8-16-3/h4-5H,6-8H2,1-3H3. The number of halogens is 1. The van der Waals surface area contributed by atoms with Gasteiger partial charge < -0.3 is 28.4 Å². The van der Waals surface area contributed by atoms with Gasteiger partial charge in [-0.25, -0.2) is 0 Å². The second-order valence-corrected chi connectivity index (χ2v) is 4.18. The van der Waals surface area contributed by atoms with Gasteiger partial charge in [-0.1, -0.05) is 0 Å². The molecule has 0 amide bonds. The van der Waals surface area contributed by atoms with Crippen LogP contribution in [0.1, 0.15) is 0 Å². The monoisotopic (exact) mass is 336 g/mol. The van der Waals surface area contributed by atoms with Crippen LogP contribution in [-0.4, -0.2) is 41.7 Å². The summed E-state index contributed by atoms with van der Waals surface area (Å²) in [5.74, 6) is 1.64. The van der Waals surface area contributed by atoms with E-state index in [9.17, 15) is 0 Å². The van der Waals surface area contributed by atoms with E-state index in [2.05, 4.69) is 15.9 Å². The van der Waals surface area contributed by atoms with E-state index in [1.54, 1.807) is 33.5 Å². The fourth-order valence-corrected chi connectivity index (χ4v) is 1.67. The zero-order valence-corrected chi connectivity index (χ0v) is 12.7. The van der Waals surface area contributed by atoms with Gasteiger partial charge in [0.1, 0.15) is 21.7 Å². The molecule has 108 valence electrons. The van der Waals surface area contributed by atoms with E-state index in [-0.39, 0.29) is 20.4 Å². The molecule has 0 radical (unpaired) electrons. The molecule has 0 aliphatic rings. The van der Waals surface area contributed by atoms with Crippen LogP contribution in [0, 0.1) is 0 Å². The van der Waals surface area contributed by atoms with Crippen molar-refractivity contribution in [2.24, 2.45) is 0 Å². The molecule has 0 heterocycles. The van der Waals surface area contributed by atoms with E-state index in [4.69, 9.17) is 28.4 Å². The van der Waals surface area contributed by atoms with Crippen LogP contribution >= 0.6 is 15.9 Å². The number of benzene rings is 1. The molecular formula is C12H17BrO6. The third kappa shape index (κ3) is 5.23. The van der Waals surface area contributed by atoms with Gasteiger partial charge in [0.2, 0.25) is 0 Å². The largest absolute Gasteiger partial charge is 0.467 e. The molecule has 0 spiro atoms. The van der Waals surface area contributed by atoms with Gasteiger partial charge in [-0.15, -0.1) is 0 Å². The molecule has 0 bridgehead atoms. The van der Waals surface area contributed by atoms with Crippen LogP contribution in [0.3, 0.4) is 0 Å². The summed E-state index contributed by atoms with van der Waals surface area (Å²) in [6.45, 7) is 0.376. The minimum absolute atomic E-state index is 0.121. The molecule has 0 fully saturated rings. The van der Waals surface area contributed by atoms with Crippen molar-refractivity contribution in [1.29, 1.82) is 0 Å². The lowest BCUT2D eigenvalue weighted by Gasteiger charge is -2.14. The van der Waals surface area contributed by atoms with Crippen molar-refractivity contribution in [1.82, 2.24) is 0 Å². The highest BCUT2D eigenvalue weighted by atomic mass is 79.9. The van der Waals surface area contributed by atoms with Gasteiger partial charge in [0.05, 0.1) is 0 Å². The molecule has 0 N–H and O–H groups in total. The number of ether oxygens (including phenoxy) is 6. The minimum Gasteiger partial charge on any atom is -0.467 e. The Labute approximate surface area is 120 Å². The summed E-state index contributed by atoms with van der Waals surface area (Å²) in [5, 5.41) is 0. The van der Waals surface area contributed by atoms with Crippen molar-refractivity contribution in [3.8, 4) is 17.2 Å². The van der Waals surface area contributed by atoms with Crippen molar-refractivity contribution < 1.29 is 28.4 Å². The van der Waals surface area contributed by atoms with E-state index < -0.39 is 0 Å². The van der Waals surface area contributed by atoms with Gasteiger partial charge >= 0.3 is 0 Å². The first-order chi connectivity index (χ1) is 9.22. The second-order valence-electron chi connectivity index (χ2n) is 3.39. The molecule has 7 heteroatoms. The summed E-state index contributed by atoms with van der Waals surface area (Å²) in [6.07, 6.45) is 0. The van der Waals surface area contributed by atoms with Crippen LogP contribution in [-0.2, 0) is 14.2 Å². The Morgan fingerprint density at radius 2 is 1.21 bits per heavy atom. The summed E-state index contributed by atoms with van der Waals surface area (Å²) in [4.78, 5) is 0. The lowest BCUT2D eigenvalue weighted by molar-refractivity contribution is 0.0402. The van der Waals surface area contributed by atoms with Crippen LogP contribution in [0.2, 0.25) is 0 Å². The van der Waals surface area contributed by atoms with Gasteiger partial charge in [0.15, 0.2) is 20.4 Å². The first-order valence-electron chi connectivity index (χ1n) is 5.41. The number of methoxy groups -OCH3 is 3. The molecule has 6 nitrogen and oxygen atoms in total. The third-order valence-corrected chi connectivity index (χ3v) is 2.77. The average molecular weight is 337 g/mol. The molecule has 0 aliphatic heterocycles. The van der Waals surface area contributed by atoms with Crippen molar-refractivity contribution in [3.05, 3.63) is 16.6 Å². The molecule has 0 unspecified atom stereocenters. The molecule has 19 heavy (non-hydrogen) atoms. The van der Waals surface area contributed by atoms with E-state index in [1.807, 2.05) is 0 Å². The Bertz CT molecular complexity index is 355. The van der Waals surface area contributed by atoms with Gasteiger partial charge in [-0.2, -0.15) is 0 Å². The topological polar surface area (TPSA) is 55.4 Å². The van der Waals surface area contributed by atoms with Crippen LogP contribution in [0.4, 0.5) is 0 Å². The highest BCUT2D eigenvalue weighted by Gasteiger charge is 2.12. The number of hydrogen-bond donors (Lipinski definition) is 0. The Balaban J connectivity index is 2.92. The normalized spacial score (nSPS) is 10.3. The fourth-order valence-electron chi connectivity index (χ4n) is 1.21. The Morgan fingerprint density at radius 1 is 0.789 bits per heavy atom. The molecule has 0 aliphatic carbocycles. The summed E-state index contributed by atoms with van der Waals surface area (Å²) in [7, 11) is 4.63. The summed E-state index contributed by atoms with van der Waals surface area (Å²) in [5.41, 5.74) is 0. The second kappa shape index (κ2) is 8.98. The maximum atomic E-state index is 5.42. The van der Waals surface area contributed by atoms with Gasteiger partial charge in [-0.3, -0.25) is 0 Å². The molecule has 1 rings (SSSR count). The van der Waals surface area contributed by atoms with E-state index >= 15 is 0 Å². The summed E-state index contributed by atoms with van der Waals surface area (Å²) in [6, 6.07) is 3.42. The molecule has 1 aromatic rings. The lowest BCUT2D eigenvalue weighted by atomic mass is 10.3. The number of hydrogen-bond acceptors (Lipinski definition) is 6. The van der Waals surface area contributed by atoms with Crippen LogP contribution in [0.5, 0.6) is 17.2 Å². The van der Waals surface area contributed by atoms with Crippen molar-refractivity contribution >= 4 is 15.9 Å². The van der Waals surface area contributed by atoms with Crippen LogP contribution < -0.4 is 14.2 Å². The third-order valence-electron chi connectivity index (χ3n) is 1.99. The van der Waals surface area contributed by atoms with Crippen LogP contribution in [0.15, 0.2) is 16.6 Å². The van der Waals surface area contributed by atoms with Crippen molar-refractivity contribution in [3.63, 3.8) is 0 Å². The molecule has 0 saturated heterocycles. The fraction of sp³-hybridized carbons (Fsp3) is 0.500. The SMILES string of the molecule is COCOc1cc(OCOC)c(Br)c(OCOC)c1. The molecule has 1 aromatic carbocycles. The smallest absolute Gasteiger partial charge is 0.188 e. The van der Waals surface area contributed by atoms with E-state index in [0.717, 1.165) is 0 Å². The first-order valence-corrected chi connectivity index (χ1v) is 6.21. The van der Waals surface area contributed by atoms with Crippen LogP contribution in [0.25, 0.3) is 0 Å². The van der Waals surface area contributed by atoms with Gasteiger partial charge in [-0.05, 0) is 15.9 Å². The molecule has 0 atom stereocenters. The predicted octanol–water partition coefficient (Wildman–Crippen LogP) is 2.40. The highest BCUT2D eigenvalue weighted by molar-refractivity contribution is 9.10. The maximum absolute atomic E-state index is 5.42. The van der Waals surface area contributed by atoms with E-state index in [1.165, 1.54) is 0 Å². The maximum Gasteiger partial charge on any atom is 0.188 e. The first kappa shape index (κ1) is 16.0.